The second kappa shape index (κ2) is 6.37. The zero-order chi connectivity index (χ0) is 14.6. The van der Waals surface area contributed by atoms with Crippen LogP contribution in [0.2, 0.25) is 0 Å². The highest BCUT2D eigenvalue weighted by atomic mass is 79.9. The van der Waals surface area contributed by atoms with Crippen LogP contribution < -0.4 is 0 Å². The van der Waals surface area contributed by atoms with Gasteiger partial charge in [0.05, 0.1) is 23.3 Å². The molecule has 0 radical (unpaired) electrons. The molecule has 0 saturated heterocycles. The minimum atomic E-state index is -4.70. The van der Waals surface area contributed by atoms with Crippen molar-refractivity contribution in [1.82, 2.24) is 0 Å². The van der Waals surface area contributed by atoms with Crippen LogP contribution in [0, 0.1) is 11.3 Å². The lowest BCUT2D eigenvalue weighted by Crippen LogP contribution is -2.22. The zero-order valence-corrected chi connectivity index (χ0v) is 11.2. The van der Waals surface area contributed by atoms with E-state index in [4.69, 9.17) is 5.26 Å². The minimum absolute atomic E-state index is 0.110. The molecule has 104 valence electrons. The smallest absolute Gasteiger partial charge is 0.390 e. The molecule has 2 unspecified atom stereocenters. The number of halogens is 4. The summed E-state index contributed by atoms with van der Waals surface area (Å²) in [4.78, 5) is 0. The summed E-state index contributed by atoms with van der Waals surface area (Å²) in [6, 6.07) is 4.47. The molecular weight excluding hydrogens is 327 g/mol. The predicted molar refractivity (Wildman–Crippen MR) is 65.5 cm³/mol. The first-order chi connectivity index (χ1) is 8.81. The molecule has 1 rings (SSSR count). The Morgan fingerprint density at radius 1 is 1.32 bits per heavy atom. The molecule has 0 aliphatic heterocycles. The standard InChI is InChI=1S/C12H11BrF3NO2/c13-4-3-10(18)11(19)8-2-1-7(6-17)5-9(8)12(14,15)16/h1-2,5,10-11,18-19H,3-4H2. The molecule has 0 saturated carbocycles. The number of nitrogens with zero attached hydrogens (tertiary/aromatic N) is 1. The Labute approximate surface area is 116 Å². The monoisotopic (exact) mass is 337 g/mol. The summed E-state index contributed by atoms with van der Waals surface area (Å²) in [6.07, 6.45) is -7.55. The second-order valence-electron chi connectivity index (χ2n) is 3.90. The van der Waals surface area contributed by atoms with E-state index in [-0.39, 0.29) is 12.0 Å². The van der Waals surface area contributed by atoms with Crippen LogP contribution in [0.4, 0.5) is 13.2 Å². The number of aliphatic hydroxyl groups is 2. The third-order valence-corrected chi connectivity index (χ3v) is 3.03. The van der Waals surface area contributed by atoms with Crippen molar-refractivity contribution in [3.05, 3.63) is 34.9 Å². The summed E-state index contributed by atoms with van der Waals surface area (Å²) in [7, 11) is 0. The van der Waals surface area contributed by atoms with Crippen LogP contribution in [-0.2, 0) is 6.18 Å². The Hall–Kier alpha value is -1.10. The zero-order valence-electron chi connectivity index (χ0n) is 9.65. The number of aliphatic hydroxyl groups excluding tert-OH is 2. The maximum Gasteiger partial charge on any atom is 0.416 e. The summed E-state index contributed by atoms with van der Waals surface area (Å²) in [5, 5.41) is 28.3. The van der Waals surface area contributed by atoms with E-state index in [0.717, 1.165) is 6.07 Å². The van der Waals surface area contributed by atoms with Crippen LogP contribution >= 0.6 is 15.9 Å². The van der Waals surface area contributed by atoms with Crippen molar-refractivity contribution in [2.24, 2.45) is 0 Å². The van der Waals surface area contributed by atoms with Gasteiger partial charge in [0.2, 0.25) is 0 Å². The van der Waals surface area contributed by atoms with Crippen molar-refractivity contribution in [2.75, 3.05) is 5.33 Å². The lowest BCUT2D eigenvalue weighted by Gasteiger charge is -2.21. The van der Waals surface area contributed by atoms with E-state index in [1.165, 1.54) is 6.07 Å². The maximum atomic E-state index is 12.9. The van der Waals surface area contributed by atoms with E-state index in [1.54, 1.807) is 6.07 Å². The number of hydrogen-bond donors (Lipinski definition) is 2. The van der Waals surface area contributed by atoms with Gasteiger partial charge in [-0.1, -0.05) is 22.0 Å². The van der Waals surface area contributed by atoms with Gasteiger partial charge in [0, 0.05) is 5.33 Å². The first-order valence-electron chi connectivity index (χ1n) is 5.34. The fourth-order valence-electron chi connectivity index (χ4n) is 1.61. The summed E-state index contributed by atoms with van der Waals surface area (Å²) in [6.45, 7) is 0. The Kier molecular flexibility index (Phi) is 5.35. The third-order valence-electron chi connectivity index (χ3n) is 2.58. The lowest BCUT2D eigenvalue weighted by molar-refractivity contribution is -0.140. The van der Waals surface area contributed by atoms with Gasteiger partial charge in [-0.3, -0.25) is 0 Å². The normalized spacial score (nSPS) is 14.8. The molecule has 1 aromatic carbocycles. The van der Waals surface area contributed by atoms with Gasteiger partial charge in [0.25, 0.3) is 0 Å². The average Bonchev–Trinajstić information content (AvgIpc) is 2.36. The number of hydrogen-bond acceptors (Lipinski definition) is 3. The van der Waals surface area contributed by atoms with Crippen LogP contribution in [0.15, 0.2) is 18.2 Å². The van der Waals surface area contributed by atoms with E-state index < -0.39 is 29.5 Å². The topological polar surface area (TPSA) is 64.2 Å². The van der Waals surface area contributed by atoms with E-state index in [9.17, 15) is 23.4 Å². The molecule has 0 aliphatic carbocycles. The average molecular weight is 338 g/mol. The summed E-state index contributed by atoms with van der Waals surface area (Å²) < 4.78 is 38.6. The molecule has 0 spiro atoms. The van der Waals surface area contributed by atoms with Crippen molar-refractivity contribution >= 4 is 15.9 Å². The molecule has 0 aromatic heterocycles. The third kappa shape index (κ3) is 3.93. The van der Waals surface area contributed by atoms with Gasteiger partial charge in [-0.2, -0.15) is 18.4 Å². The largest absolute Gasteiger partial charge is 0.416 e. The van der Waals surface area contributed by atoms with E-state index >= 15 is 0 Å². The quantitative estimate of drug-likeness (QED) is 0.830. The van der Waals surface area contributed by atoms with Gasteiger partial charge in [-0.05, 0) is 24.1 Å². The Morgan fingerprint density at radius 2 is 1.95 bits per heavy atom. The van der Waals surface area contributed by atoms with Crippen molar-refractivity contribution in [3.8, 4) is 6.07 Å². The lowest BCUT2D eigenvalue weighted by atomic mass is 9.95. The highest BCUT2D eigenvalue weighted by molar-refractivity contribution is 9.09. The number of nitriles is 1. The highest BCUT2D eigenvalue weighted by Gasteiger charge is 2.36. The van der Waals surface area contributed by atoms with Gasteiger partial charge in [0.15, 0.2) is 0 Å². The Balaban J connectivity index is 3.24. The van der Waals surface area contributed by atoms with E-state index in [2.05, 4.69) is 15.9 Å². The van der Waals surface area contributed by atoms with Crippen LogP contribution in [-0.4, -0.2) is 21.6 Å². The van der Waals surface area contributed by atoms with Gasteiger partial charge in [-0.25, -0.2) is 0 Å². The molecule has 3 nitrogen and oxygen atoms in total. The molecule has 0 aliphatic rings. The SMILES string of the molecule is N#Cc1ccc(C(O)C(O)CCBr)c(C(F)(F)F)c1. The molecular formula is C12H11BrF3NO2. The van der Waals surface area contributed by atoms with Crippen molar-refractivity contribution in [2.45, 2.75) is 24.8 Å². The molecule has 2 atom stereocenters. The molecule has 0 heterocycles. The number of alkyl halides is 4. The molecule has 0 fully saturated rings. The van der Waals surface area contributed by atoms with Gasteiger partial charge >= 0.3 is 6.18 Å². The molecule has 1 aromatic rings. The van der Waals surface area contributed by atoms with Crippen molar-refractivity contribution in [1.29, 1.82) is 5.26 Å². The number of benzene rings is 1. The first-order valence-corrected chi connectivity index (χ1v) is 6.46. The maximum absolute atomic E-state index is 12.9. The van der Waals surface area contributed by atoms with Crippen molar-refractivity contribution in [3.63, 3.8) is 0 Å². The number of rotatable bonds is 4. The molecule has 0 bridgehead atoms. The van der Waals surface area contributed by atoms with E-state index in [0.29, 0.717) is 11.4 Å². The van der Waals surface area contributed by atoms with Gasteiger partial charge in [-0.15, -0.1) is 0 Å². The molecule has 7 heteroatoms. The summed E-state index contributed by atoms with van der Waals surface area (Å²) in [5.74, 6) is 0. The van der Waals surface area contributed by atoms with Crippen LogP contribution in [0.1, 0.15) is 29.2 Å². The van der Waals surface area contributed by atoms with Crippen LogP contribution in [0.25, 0.3) is 0 Å². The minimum Gasteiger partial charge on any atom is -0.390 e. The summed E-state index contributed by atoms with van der Waals surface area (Å²) in [5.41, 5.74) is -1.69. The molecule has 0 amide bonds. The van der Waals surface area contributed by atoms with Gasteiger partial charge < -0.3 is 10.2 Å². The fraction of sp³-hybridized carbons (Fsp3) is 0.417. The van der Waals surface area contributed by atoms with Crippen LogP contribution in [0.3, 0.4) is 0 Å². The predicted octanol–water partition coefficient (Wildman–Crippen LogP) is 2.76. The highest BCUT2D eigenvalue weighted by Crippen LogP contribution is 2.36. The fourth-order valence-corrected chi connectivity index (χ4v) is 2.08. The molecule has 2 N–H and O–H groups in total. The Bertz CT molecular complexity index is 485. The van der Waals surface area contributed by atoms with Crippen molar-refractivity contribution < 1.29 is 23.4 Å². The first kappa shape index (κ1) is 16.0. The summed E-state index contributed by atoms with van der Waals surface area (Å²) >= 11 is 3.04. The van der Waals surface area contributed by atoms with Crippen LogP contribution in [0.5, 0.6) is 0 Å². The van der Waals surface area contributed by atoms with E-state index in [1.807, 2.05) is 0 Å². The Morgan fingerprint density at radius 3 is 2.42 bits per heavy atom. The molecule has 19 heavy (non-hydrogen) atoms. The second-order valence-corrected chi connectivity index (χ2v) is 4.69. The van der Waals surface area contributed by atoms with Gasteiger partial charge in [0.1, 0.15) is 6.10 Å².